The molecule has 2 atom stereocenters. The van der Waals surface area contributed by atoms with Crippen LogP contribution in [0.2, 0.25) is 0 Å². The number of thioether (sulfide) groups is 1. The van der Waals surface area contributed by atoms with Crippen LogP contribution in [0.3, 0.4) is 0 Å². The molecule has 1 amide bonds. The van der Waals surface area contributed by atoms with Gasteiger partial charge in [0.2, 0.25) is 5.91 Å². The molecule has 8 nitrogen and oxygen atoms in total. The first-order valence-corrected chi connectivity index (χ1v) is 10.6. The molecule has 29 heavy (non-hydrogen) atoms. The molecule has 0 radical (unpaired) electrons. The Morgan fingerprint density at radius 3 is 2.52 bits per heavy atom. The third kappa shape index (κ3) is 5.27. The number of anilines is 1. The summed E-state index contributed by atoms with van der Waals surface area (Å²) < 4.78 is 0. The third-order valence-electron chi connectivity index (χ3n) is 5.72. The molecule has 2 unspecified atom stereocenters. The molecule has 1 aromatic rings. The van der Waals surface area contributed by atoms with Crippen LogP contribution in [0.1, 0.15) is 6.42 Å². The fraction of sp³-hybridized carbons (Fsp3) is 0.611. The lowest BCUT2D eigenvalue weighted by Gasteiger charge is -2.38. The van der Waals surface area contributed by atoms with Gasteiger partial charge in [0, 0.05) is 57.1 Å². The zero-order valence-electron chi connectivity index (χ0n) is 16.1. The number of halogens is 2. The van der Waals surface area contributed by atoms with Crippen LogP contribution in [0, 0.1) is 10.1 Å². The first-order valence-electron chi connectivity index (χ1n) is 9.46. The second kappa shape index (κ2) is 10.7. The summed E-state index contributed by atoms with van der Waals surface area (Å²) in [7, 11) is 0. The number of piperazine rings is 1. The monoisotopic (exact) mass is 463 g/mol. The average Bonchev–Trinajstić information content (AvgIpc) is 3.40. The van der Waals surface area contributed by atoms with Crippen molar-refractivity contribution in [1.29, 1.82) is 0 Å². The lowest BCUT2D eigenvalue weighted by molar-refractivity contribution is -0.384. The summed E-state index contributed by atoms with van der Waals surface area (Å²) in [5, 5.41) is 14.7. The van der Waals surface area contributed by atoms with E-state index >= 15 is 0 Å². The normalized spacial score (nSPS) is 24.7. The largest absolute Gasteiger partial charge is 0.363 e. The lowest BCUT2D eigenvalue weighted by atomic mass is 10.1. The number of carbonyl (C=O) groups is 1. The molecule has 0 bridgehead atoms. The number of rotatable bonds is 4. The molecule has 1 N–H and O–H groups in total. The van der Waals surface area contributed by atoms with Crippen molar-refractivity contribution in [1.82, 2.24) is 15.1 Å². The Labute approximate surface area is 187 Å². The Balaban J connectivity index is 0.00000150. The van der Waals surface area contributed by atoms with Crippen molar-refractivity contribution < 1.29 is 9.72 Å². The van der Waals surface area contributed by atoms with Gasteiger partial charge in [-0.3, -0.25) is 19.8 Å². The summed E-state index contributed by atoms with van der Waals surface area (Å²) in [5.41, 5.74) is 0.869. The van der Waals surface area contributed by atoms with E-state index in [2.05, 4.69) is 15.1 Å². The molecule has 0 aliphatic carbocycles. The highest BCUT2D eigenvalue weighted by Gasteiger charge is 2.37. The van der Waals surface area contributed by atoms with E-state index in [-0.39, 0.29) is 47.4 Å². The van der Waals surface area contributed by atoms with Crippen LogP contribution in [-0.2, 0) is 4.79 Å². The highest BCUT2D eigenvalue weighted by Crippen LogP contribution is 2.29. The number of carbonyl (C=O) groups excluding carboxylic acids is 1. The number of nitrogens with one attached hydrogen (secondary N) is 1. The van der Waals surface area contributed by atoms with E-state index in [1.165, 1.54) is 0 Å². The summed E-state index contributed by atoms with van der Waals surface area (Å²) in [6.07, 6.45) is 0.853. The van der Waals surface area contributed by atoms with Crippen LogP contribution in [0.15, 0.2) is 24.3 Å². The Bertz CT molecular complexity index is 714. The molecule has 4 rings (SSSR count). The molecule has 162 valence electrons. The highest BCUT2D eigenvalue weighted by atomic mass is 35.5. The molecular weight excluding hydrogens is 437 g/mol. The predicted molar refractivity (Wildman–Crippen MR) is 121 cm³/mol. The number of nitrogens with zero attached hydrogens (tertiary/aromatic N) is 4. The quantitative estimate of drug-likeness (QED) is 0.538. The molecule has 3 fully saturated rings. The van der Waals surface area contributed by atoms with Crippen molar-refractivity contribution in [3.05, 3.63) is 34.4 Å². The third-order valence-corrected chi connectivity index (χ3v) is 6.69. The molecule has 3 aliphatic rings. The van der Waals surface area contributed by atoms with E-state index in [0.29, 0.717) is 11.7 Å². The molecule has 3 saturated heterocycles. The number of hydrogen-bond donors (Lipinski definition) is 1. The zero-order valence-corrected chi connectivity index (χ0v) is 18.5. The van der Waals surface area contributed by atoms with Crippen molar-refractivity contribution in [2.24, 2.45) is 0 Å². The number of nitro groups is 1. The molecule has 11 heteroatoms. The SMILES string of the molecule is Cl.Cl.O=C(C1CC(N2CCN(c3ccccc3[N+](=O)[O-])CC2)CN1)N1CCSC1. The van der Waals surface area contributed by atoms with Gasteiger partial charge in [-0.2, -0.15) is 0 Å². The minimum atomic E-state index is -0.310. The van der Waals surface area contributed by atoms with Gasteiger partial charge >= 0.3 is 0 Å². The van der Waals surface area contributed by atoms with Crippen LogP contribution in [0.25, 0.3) is 0 Å². The minimum absolute atomic E-state index is 0. The van der Waals surface area contributed by atoms with Gasteiger partial charge in [-0.1, -0.05) is 12.1 Å². The van der Waals surface area contributed by atoms with Crippen LogP contribution >= 0.6 is 36.6 Å². The van der Waals surface area contributed by atoms with Gasteiger partial charge in [0.1, 0.15) is 5.69 Å². The van der Waals surface area contributed by atoms with Crippen molar-refractivity contribution >= 4 is 53.9 Å². The summed E-state index contributed by atoms with van der Waals surface area (Å²) in [4.78, 5) is 30.0. The second-order valence-corrected chi connectivity index (χ2v) is 8.33. The Morgan fingerprint density at radius 2 is 1.86 bits per heavy atom. The smallest absolute Gasteiger partial charge is 0.292 e. The van der Waals surface area contributed by atoms with Crippen molar-refractivity contribution in [2.45, 2.75) is 18.5 Å². The first-order chi connectivity index (χ1) is 13.1. The topological polar surface area (TPSA) is 82.0 Å². The molecule has 0 saturated carbocycles. The Hall–Kier alpha value is -1.26. The van der Waals surface area contributed by atoms with Gasteiger partial charge in [-0.25, -0.2) is 0 Å². The summed E-state index contributed by atoms with van der Waals surface area (Å²) in [6, 6.07) is 7.24. The van der Waals surface area contributed by atoms with Crippen LogP contribution in [-0.4, -0.2) is 83.6 Å². The molecule has 0 spiro atoms. The van der Waals surface area contributed by atoms with Gasteiger partial charge in [0.15, 0.2) is 0 Å². The summed E-state index contributed by atoms with van der Waals surface area (Å²) >= 11 is 1.81. The number of amides is 1. The van der Waals surface area contributed by atoms with Crippen molar-refractivity contribution in [2.75, 3.05) is 55.8 Å². The fourth-order valence-electron chi connectivity index (χ4n) is 4.21. The van der Waals surface area contributed by atoms with Gasteiger partial charge < -0.3 is 15.1 Å². The maximum atomic E-state index is 12.6. The predicted octanol–water partition coefficient (Wildman–Crippen LogP) is 1.82. The van der Waals surface area contributed by atoms with Crippen molar-refractivity contribution in [3.63, 3.8) is 0 Å². The van der Waals surface area contributed by atoms with Crippen molar-refractivity contribution in [3.8, 4) is 0 Å². The molecular formula is C18H27Cl2N5O3S. The Kier molecular flexibility index (Phi) is 8.84. The zero-order chi connectivity index (χ0) is 18.8. The average molecular weight is 464 g/mol. The van der Waals surface area contributed by atoms with E-state index < -0.39 is 0 Å². The van der Waals surface area contributed by atoms with E-state index in [1.54, 1.807) is 12.1 Å². The van der Waals surface area contributed by atoms with E-state index in [1.807, 2.05) is 28.8 Å². The standard InChI is InChI=1S/C18H25N5O3S.2ClH/c24-18(22-9-10-27-13-22)15-11-14(12-19-15)20-5-7-21(8-6-20)16-3-1-2-4-17(16)23(25)26;;/h1-4,14-15,19H,5-13H2;2*1H. The van der Waals surface area contributed by atoms with Gasteiger partial charge in [-0.05, 0) is 12.5 Å². The fourth-order valence-corrected chi connectivity index (χ4v) is 5.16. The van der Waals surface area contributed by atoms with Crippen LogP contribution in [0.5, 0.6) is 0 Å². The molecule has 3 aliphatic heterocycles. The number of benzene rings is 1. The number of nitro benzene ring substituents is 1. The lowest BCUT2D eigenvalue weighted by Crippen LogP contribution is -2.51. The highest BCUT2D eigenvalue weighted by molar-refractivity contribution is 7.99. The molecule has 0 aromatic heterocycles. The van der Waals surface area contributed by atoms with E-state index in [0.717, 1.165) is 57.3 Å². The van der Waals surface area contributed by atoms with Gasteiger partial charge in [0.25, 0.3) is 5.69 Å². The Morgan fingerprint density at radius 1 is 1.14 bits per heavy atom. The first kappa shape index (κ1) is 24.0. The van der Waals surface area contributed by atoms with Crippen LogP contribution in [0.4, 0.5) is 11.4 Å². The van der Waals surface area contributed by atoms with Crippen LogP contribution < -0.4 is 10.2 Å². The summed E-state index contributed by atoms with van der Waals surface area (Å²) in [6.45, 7) is 4.95. The number of hydrogen-bond acceptors (Lipinski definition) is 7. The summed E-state index contributed by atoms with van der Waals surface area (Å²) in [5.74, 6) is 2.09. The maximum Gasteiger partial charge on any atom is 0.292 e. The molecule has 1 aromatic carbocycles. The minimum Gasteiger partial charge on any atom is -0.363 e. The van der Waals surface area contributed by atoms with E-state index in [4.69, 9.17) is 0 Å². The second-order valence-electron chi connectivity index (χ2n) is 7.26. The number of para-hydroxylation sites is 2. The van der Waals surface area contributed by atoms with Gasteiger partial charge in [-0.15, -0.1) is 36.6 Å². The molecule has 3 heterocycles. The van der Waals surface area contributed by atoms with E-state index in [9.17, 15) is 14.9 Å². The van der Waals surface area contributed by atoms with Gasteiger partial charge in [0.05, 0.1) is 16.8 Å². The maximum absolute atomic E-state index is 12.6.